The number of piperidine rings is 1. The molecule has 1 fully saturated rings. The van der Waals surface area contributed by atoms with Gasteiger partial charge >= 0.3 is 0 Å². The number of hydrogen-bond donors (Lipinski definition) is 1. The number of halogens is 2. The van der Waals surface area contributed by atoms with Gasteiger partial charge < -0.3 is 14.8 Å². The summed E-state index contributed by atoms with van der Waals surface area (Å²) in [5.41, 5.74) is 6.38. The van der Waals surface area contributed by atoms with Gasteiger partial charge in [-0.25, -0.2) is 8.78 Å². The van der Waals surface area contributed by atoms with Gasteiger partial charge in [0, 0.05) is 12.5 Å². The van der Waals surface area contributed by atoms with Gasteiger partial charge in [0.2, 0.25) is 4.91 Å². The van der Waals surface area contributed by atoms with Crippen LogP contribution >= 0.6 is 0 Å². The zero-order valence-electron chi connectivity index (χ0n) is 8.53. The monoisotopic (exact) mass is 234 g/mol. The summed E-state index contributed by atoms with van der Waals surface area (Å²) in [5, 5.41) is 13.7. The van der Waals surface area contributed by atoms with Crippen molar-refractivity contribution >= 4 is 6.09 Å². The summed E-state index contributed by atoms with van der Waals surface area (Å²) in [5.74, 6) is -3.97. The lowest BCUT2D eigenvalue weighted by Gasteiger charge is -2.39. The van der Waals surface area contributed by atoms with Crippen molar-refractivity contribution in [2.45, 2.75) is 18.8 Å². The number of rotatable bonds is 3. The second-order valence-corrected chi connectivity index (χ2v) is 3.69. The largest absolute Gasteiger partial charge is 0.530 e. The standard InChI is InChI=1S/C8H12F2N4O2/c9-8(10)5-14(7(15)16)4-2-6(8)1-3-12-13-11/h6,11H,1-5H2. The van der Waals surface area contributed by atoms with Crippen LogP contribution in [0.2, 0.25) is 0 Å². The Morgan fingerprint density at radius 1 is 1.69 bits per heavy atom. The molecule has 16 heavy (non-hydrogen) atoms. The van der Waals surface area contributed by atoms with Crippen molar-refractivity contribution in [2.24, 2.45) is 11.0 Å². The molecule has 0 aromatic rings. The number of likely N-dealkylation sites (tertiary alicyclic amines) is 1. The number of carboxylic acid groups (broad SMARTS) is 1. The fraction of sp³-hybridized carbons (Fsp3) is 0.875. The molecule has 1 aliphatic heterocycles. The van der Waals surface area contributed by atoms with Gasteiger partial charge in [-0.15, -0.1) is 0 Å². The van der Waals surface area contributed by atoms with E-state index in [1.54, 1.807) is 0 Å². The van der Waals surface area contributed by atoms with E-state index in [1.165, 1.54) is 0 Å². The van der Waals surface area contributed by atoms with Crippen LogP contribution in [0.4, 0.5) is 13.6 Å². The van der Waals surface area contributed by atoms with Crippen molar-refractivity contribution < 1.29 is 18.7 Å². The molecule has 1 aliphatic rings. The number of amides is 1. The smallest absolute Gasteiger partial charge is 0.268 e. The molecule has 1 saturated heterocycles. The molecule has 90 valence electrons. The van der Waals surface area contributed by atoms with Gasteiger partial charge in [0.1, 0.15) is 23.3 Å². The Hall–Kier alpha value is -1.56. The third-order valence-electron chi connectivity index (χ3n) is 2.65. The third kappa shape index (κ3) is 2.96. The highest BCUT2D eigenvalue weighted by atomic mass is 19.3. The first-order valence-electron chi connectivity index (χ1n) is 4.84. The van der Waals surface area contributed by atoms with Crippen LogP contribution in [0.3, 0.4) is 0 Å². The topological polar surface area (TPSA) is 93.7 Å². The van der Waals surface area contributed by atoms with Gasteiger partial charge in [-0.2, -0.15) is 0 Å². The Morgan fingerprint density at radius 2 is 2.38 bits per heavy atom. The molecule has 0 radical (unpaired) electrons. The molecule has 0 aromatic heterocycles. The molecular weight excluding hydrogens is 222 g/mol. The molecule has 0 spiro atoms. The highest BCUT2D eigenvalue weighted by Crippen LogP contribution is 2.34. The molecule has 8 heteroatoms. The average molecular weight is 234 g/mol. The summed E-state index contributed by atoms with van der Waals surface area (Å²) in [7, 11) is 0. The predicted octanol–water partition coefficient (Wildman–Crippen LogP) is 0.227. The van der Waals surface area contributed by atoms with Crippen molar-refractivity contribution in [1.82, 2.24) is 9.81 Å². The number of alkyl halides is 2. The number of carbonyl (C=O) groups is 1. The number of nitrogens with one attached hydrogen (secondary N) is 1. The van der Waals surface area contributed by atoms with Gasteiger partial charge in [-0.05, 0) is 12.8 Å². The second-order valence-electron chi connectivity index (χ2n) is 3.69. The molecule has 1 amide bonds. The normalized spacial score (nSPS) is 23.6. The second kappa shape index (κ2) is 4.98. The fourth-order valence-electron chi connectivity index (χ4n) is 1.76. The Bertz CT molecular complexity index is 317. The van der Waals surface area contributed by atoms with Crippen LogP contribution in [-0.2, 0) is 0 Å². The summed E-state index contributed by atoms with van der Waals surface area (Å²) in [6.45, 7) is -0.701. The van der Waals surface area contributed by atoms with Gasteiger partial charge in [0.15, 0.2) is 0 Å². The Morgan fingerprint density at radius 3 is 2.88 bits per heavy atom. The molecule has 1 heterocycles. The first-order valence-corrected chi connectivity index (χ1v) is 4.84. The molecule has 0 aliphatic carbocycles. The van der Waals surface area contributed by atoms with Crippen LogP contribution < -0.4 is 10.0 Å². The van der Waals surface area contributed by atoms with E-state index in [9.17, 15) is 18.7 Å². The van der Waals surface area contributed by atoms with Crippen LogP contribution in [0.15, 0.2) is 5.11 Å². The van der Waals surface area contributed by atoms with E-state index in [-0.39, 0.29) is 25.9 Å². The molecule has 1 unspecified atom stereocenters. The molecule has 0 aromatic carbocycles. The lowest BCUT2D eigenvalue weighted by Crippen LogP contribution is -2.54. The van der Waals surface area contributed by atoms with E-state index in [4.69, 9.17) is 5.53 Å². The van der Waals surface area contributed by atoms with E-state index in [0.717, 1.165) is 0 Å². The third-order valence-corrected chi connectivity index (χ3v) is 2.65. The minimum Gasteiger partial charge on any atom is -0.530 e. The number of hydrogen-bond acceptors (Lipinski definition) is 4. The van der Waals surface area contributed by atoms with Crippen LogP contribution in [0.25, 0.3) is 0 Å². The van der Waals surface area contributed by atoms with Gasteiger partial charge in [-0.1, -0.05) is 0 Å². The zero-order chi connectivity index (χ0) is 12.2. The highest BCUT2D eigenvalue weighted by molar-refractivity contribution is 5.62. The van der Waals surface area contributed by atoms with Crippen LogP contribution in [0, 0.1) is 11.4 Å². The van der Waals surface area contributed by atoms with Gasteiger partial charge in [0.05, 0.1) is 6.54 Å². The van der Waals surface area contributed by atoms with Crippen molar-refractivity contribution in [2.75, 3.05) is 19.6 Å². The predicted molar refractivity (Wildman–Crippen MR) is 46.8 cm³/mol. The Labute approximate surface area is 90.5 Å². The Kier molecular flexibility index (Phi) is 3.89. The summed E-state index contributed by atoms with van der Waals surface area (Å²) < 4.78 is 26.9. The molecule has 0 saturated carbocycles. The fourth-order valence-corrected chi connectivity index (χ4v) is 1.76. The maximum absolute atomic E-state index is 13.5. The van der Waals surface area contributed by atoms with Crippen molar-refractivity contribution in [3.05, 3.63) is 0 Å². The zero-order valence-corrected chi connectivity index (χ0v) is 8.53. The Balaban J connectivity index is 2.56. The van der Waals surface area contributed by atoms with Crippen molar-refractivity contribution in [1.29, 1.82) is 5.53 Å². The molecule has 1 rings (SSSR count). The summed E-state index contributed by atoms with van der Waals surface area (Å²) in [6, 6.07) is 0. The van der Waals surface area contributed by atoms with E-state index in [0.29, 0.717) is 4.90 Å². The van der Waals surface area contributed by atoms with Crippen LogP contribution in [0.5, 0.6) is 0 Å². The minimum absolute atomic E-state index is 0.0562. The quantitative estimate of drug-likeness (QED) is 0.559. The maximum atomic E-state index is 13.5. The summed E-state index contributed by atoms with van der Waals surface area (Å²) >= 11 is 0. The maximum Gasteiger partial charge on any atom is 0.268 e. The SMILES string of the molecule is N=[N+]=NCCC1CCN(C(=O)[O-])CC1(F)F. The highest BCUT2D eigenvalue weighted by Gasteiger charge is 2.44. The number of nitrogens with zero attached hydrogens (tertiary/aromatic N) is 3. The molecule has 0 bridgehead atoms. The molecule has 1 atom stereocenters. The van der Waals surface area contributed by atoms with Crippen molar-refractivity contribution in [3.8, 4) is 0 Å². The van der Waals surface area contributed by atoms with Gasteiger partial charge in [-0.3, -0.25) is 0 Å². The van der Waals surface area contributed by atoms with E-state index in [1.807, 2.05) is 0 Å². The molecule has 6 nitrogen and oxygen atoms in total. The summed E-state index contributed by atoms with van der Waals surface area (Å²) in [6.07, 6.45) is -1.38. The van der Waals surface area contributed by atoms with E-state index in [2.05, 4.69) is 10.0 Å². The first kappa shape index (κ1) is 12.5. The number of carbonyl (C=O) groups excluding carboxylic acids is 1. The van der Waals surface area contributed by atoms with Crippen molar-refractivity contribution in [3.63, 3.8) is 0 Å². The van der Waals surface area contributed by atoms with Crippen LogP contribution in [0.1, 0.15) is 12.8 Å². The lowest BCUT2D eigenvalue weighted by atomic mass is 9.90. The minimum atomic E-state index is -3.06. The van der Waals surface area contributed by atoms with E-state index < -0.39 is 24.5 Å². The molecular formula is C8H12F2N4O2. The van der Waals surface area contributed by atoms with Gasteiger partial charge in [0.25, 0.3) is 5.92 Å². The lowest BCUT2D eigenvalue weighted by molar-refractivity contribution is -0.272. The van der Waals surface area contributed by atoms with E-state index >= 15 is 0 Å². The average Bonchev–Trinajstić information content (AvgIpc) is 2.19. The summed E-state index contributed by atoms with van der Waals surface area (Å²) in [4.78, 5) is 13.8. The van der Waals surface area contributed by atoms with Crippen LogP contribution in [-0.4, -0.2) is 36.5 Å². The molecule has 1 N–H and O–H groups in total. The first-order chi connectivity index (χ1) is 7.47.